The SMILES string of the molecule is CCN(CC)CC(=O)NC(C(C)=O)C(C)C. The van der Waals surface area contributed by atoms with Gasteiger partial charge in [0.1, 0.15) is 0 Å². The Morgan fingerprint density at radius 3 is 2.00 bits per heavy atom. The molecule has 94 valence electrons. The number of Topliss-reactive ketones (excluding diaryl/α,β-unsaturated/α-hetero) is 1. The van der Waals surface area contributed by atoms with Crippen LogP contribution in [0.15, 0.2) is 0 Å². The van der Waals surface area contributed by atoms with Crippen molar-refractivity contribution in [2.24, 2.45) is 5.92 Å². The predicted molar refractivity (Wildman–Crippen MR) is 65.2 cm³/mol. The van der Waals surface area contributed by atoms with Gasteiger partial charge in [-0.1, -0.05) is 27.7 Å². The Labute approximate surface area is 98.4 Å². The Hall–Kier alpha value is -0.900. The van der Waals surface area contributed by atoms with Crippen LogP contribution in [0, 0.1) is 5.92 Å². The van der Waals surface area contributed by atoms with Crippen molar-refractivity contribution < 1.29 is 9.59 Å². The van der Waals surface area contributed by atoms with E-state index >= 15 is 0 Å². The molecule has 1 amide bonds. The van der Waals surface area contributed by atoms with E-state index in [9.17, 15) is 9.59 Å². The van der Waals surface area contributed by atoms with Crippen molar-refractivity contribution in [2.75, 3.05) is 19.6 Å². The maximum Gasteiger partial charge on any atom is 0.234 e. The Kier molecular flexibility index (Phi) is 6.97. The second kappa shape index (κ2) is 7.39. The second-order valence-corrected chi connectivity index (χ2v) is 4.36. The molecule has 1 unspecified atom stereocenters. The molecule has 16 heavy (non-hydrogen) atoms. The molecule has 0 aromatic carbocycles. The van der Waals surface area contributed by atoms with Crippen LogP contribution in [0.3, 0.4) is 0 Å². The van der Waals surface area contributed by atoms with Crippen molar-refractivity contribution in [3.63, 3.8) is 0 Å². The van der Waals surface area contributed by atoms with Gasteiger partial charge < -0.3 is 5.32 Å². The van der Waals surface area contributed by atoms with Gasteiger partial charge in [-0.3, -0.25) is 14.5 Å². The first-order chi connectivity index (χ1) is 7.42. The lowest BCUT2D eigenvalue weighted by Crippen LogP contribution is -2.47. The molecule has 0 radical (unpaired) electrons. The van der Waals surface area contributed by atoms with Crippen molar-refractivity contribution >= 4 is 11.7 Å². The van der Waals surface area contributed by atoms with E-state index in [1.165, 1.54) is 6.92 Å². The smallest absolute Gasteiger partial charge is 0.234 e. The predicted octanol–water partition coefficient (Wildman–Crippen LogP) is 1.06. The van der Waals surface area contributed by atoms with Crippen molar-refractivity contribution in [1.82, 2.24) is 10.2 Å². The summed E-state index contributed by atoms with van der Waals surface area (Å²) in [6.45, 7) is 11.5. The topological polar surface area (TPSA) is 49.4 Å². The van der Waals surface area contributed by atoms with E-state index < -0.39 is 0 Å². The molecule has 0 aliphatic heterocycles. The lowest BCUT2D eigenvalue weighted by atomic mass is 10.0. The van der Waals surface area contributed by atoms with Gasteiger partial charge in [0, 0.05) is 0 Å². The summed E-state index contributed by atoms with van der Waals surface area (Å²) in [5.74, 6) is 0.0821. The number of nitrogens with one attached hydrogen (secondary N) is 1. The number of nitrogens with zero attached hydrogens (tertiary/aromatic N) is 1. The monoisotopic (exact) mass is 228 g/mol. The summed E-state index contributed by atoms with van der Waals surface area (Å²) in [5, 5.41) is 2.78. The van der Waals surface area contributed by atoms with Gasteiger partial charge in [0.25, 0.3) is 0 Å². The highest BCUT2D eigenvalue weighted by Crippen LogP contribution is 2.02. The third-order valence-corrected chi connectivity index (χ3v) is 2.68. The van der Waals surface area contributed by atoms with E-state index in [1.807, 2.05) is 32.6 Å². The number of amides is 1. The van der Waals surface area contributed by atoms with Gasteiger partial charge in [-0.05, 0) is 25.9 Å². The number of carbonyl (C=O) groups excluding carboxylic acids is 2. The molecule has 1 N–H and O–H groups in total. The van der Waals surface area contributed by atoms with Crippen LogP contribution in [-0.4, -0.2) is 42.3 Å². The molecular formula is C12H24N2O2. The van der Waals surface area contributed by atoms with Crippen molar-refractivity contribution in [3.8, 4) is 0 Å². The van der Waals surface area contributed by atoms with Crippen LogP contribution in [-0.2, 0) is 9.59 Å². The van der Waals surface area contributed by atoms with Crippen LogP contribution >= 0.6 is 0 Å². The van der Waals surface area contributed by atoms with Crippen LogP contribution in [0.2, 0.25) is 0 Å². The standard InChI is InChI=1S/C12H24N2O2/c1-6-14(7-2)8-11(16)13-12(9(3)4)10(5)15/h9,12H,6-8H2,1-5H3,(H,13,16). The minimum Gasteiger partial charge on any atom is -0.345 e. The van der Waals surface area contributed by atoms with E-state index in [4.69, 9.17) is 0 Å². The number of carbonyl (C=O) groups is 2. The fourth-order valence-electron chi connectivity index (χ4n) is 1.61. The molecule has 0 rings (SSSR count). The van der Waals surface area contributed by atoms with Crippen LogP contribution < -0.4 is 5.32 Å². The highest BCUT2D eigenvalue weighted by molar-refractivity contribution is 5.88. The molecule has 0 saturated carbocycles. The highest BCUT2D eigenvalue weighted by atomic mass is 16.2. The minimum absolute atomic E-state index is 0.0166. The van der Waals surface area contributed by atoms with Gasteiger partial charge >= 0.3 is 0 Å². The molecule has 0 aromatic heterocycles. The van der Waals surface area contributed by atoms with E-state index in [0.717, 1.165) is 13.1 Å². The summed E-state index contributed by atoms with van der Waals surface area (Å²) in [5.41, 5.74) is 0. The van der Waals surface area contributed by atoms with Gasteiger partial charge in [-0.2, -0.15) is 0 Å². The third-order valence-electron chi connectivity index (χ3n) is 2.68. The maximum atomic E-state index is 11.7. The van der Waals surface area contributed by atoms with E-state index in [2.05, 4.69) is 5.32 Å². The Morgan fingerprint density at radius 1 is 1.19 bits per heavy atom. The fraction of sp³-hybridized carbons (Fsp3) is 0.833. The number of hydrogen-bond acceptors (Lipinski definition) is 3. The largest absolute Gasteiger partial charge is 0.345 e. The number of likely N-dealkylation sites (N-methyl/N-ethyl adjacent to an activating group) is 1. The molecule has 0 aliphatic carbocycles. The van der Waals surface area contributed by atoms with Gasteiger partial charge in [0.15, 0.2) is 5.78 Å². The van der Waals surface area contributed by atoms with Crippen molar-refractivity contribution in [2.45, 2.75) is 40.7 Å². The summed E-state index contributed by atoms with van der Waals surface area (Å²) in [7, 11) is 0. The Morgan fingerprint density at radius 2 is 1.69 bits per heavy atom. The molecule has 0 heterocycles. The zero-order valence-corrected chi connectivity index (χ0v) is 11.0. The average molecular weight is 228 g/mol. The molecule has 1 atom stereocenters. The first-order valence-electron chi connectivity index (χ1n) is 5.94. The van der Waals surface area contributed by atoms with Crippen LogP contribution in [0.4, 0.5) is 0 Å². The molecule has 0 aliphatic rings. The minimum atomic E-state index is -0.358. The fourth-order valence-corrected chi connectivity index (χ4v) is 1.61. The zero-order chi connectivity index (χ0) is 12.7. The first-order valence-corrected chi connectivity index (χ1v) is 5.94. The zero-order valence-electron chi connectivity index (χ0n) is 11.0. The molecule has 4 nitrogen and oxygen atoms in total. The van der Waals surface area contributed by atoms with Crippen LogP contribution in [0.25, 0.3) is 0 Å². The Balaban J connectivity index is 4.25. The second-order valence-electron chi connectivity index (χ2n) is 4.36. The van der Waals surface area contributed by atoms with Crippen molar-refractivity contribution in [3.05, 3.63) is 0 Å². The normalized spacial score (nSPS) is 12.9. The number of ketones is 1. The summed E-state index contributed by atoms with van der Waals surface area (Å²) in [4.78, 5) is 25.0. The van der Waals surface area contributed by atoms with Gasteiger partial charge in [0.2, 0.25) is 5.91 Å². The molecular weight excluding hydrogens is 204 g/mol. The molecule has 0 fully saturated rings. The quantitative estimate of drug-likeness (QED) is 0.709. The summed E-state index contributed by atoms with van der Waals surface area (Å²) in [6, 6.07) is -0.358. The molecule has 0 saturated heterocycles. The first kappa shape index (κ1) is 15.1. The van der Waals surface area contributed by atoms with E-state index in [1.54, 1.807) is 0 Å². The average Bonchev–Trinajstić information content (AvgIpc) is 2.21. The molecule has 0 bridgehead atoms. The van der Waals surface area contributed by atoms with Crippen LogP contribution in [0.5, 0.6) is 0 Å². The van der Waals surface area contributed by atoms with E-state index in [0.29, 0.717) is 6.54 Å². The summed E-state index contributed by atoms with van der Waals surface area (Å²) >= 11 is 0. The lowest BCUT2D eigenvalue weighted by Gasteiger charge is -2.22. The molecule has 0 aromatic rings. The van der Waals surface area contributed by atoms with Gasteiger partial charge in [-0.15, -0.1) is 0 Å². The highest BCUT2D eigenvalue weighted by Gasteiger charge is 2.20. The third kappa shape index (κ3) is 5.26. The molecule has 4 heteroatoms. The summed E-state index contributed by atoms with van der Waals surface area (Å²) in [6.07, 6.45) is 0. The van der Waals surface area contributed by atoms with Crippen molar-refractivity contribution in [1.29, 1.82) is 0 Å². The summed E-state index contributed by atoms with van der Waals surface area (Å²) < 4.78 is 0. The van der Waals surface area contributed by atoms with Gasteiger partial charge in [0.05, 0.1) is 12.6 Å². The maximum absolute atomic E-state index is 11.7. The number of rotatable bonds is 7. The lowest BCUT2D eigenvalue weighted by molar-refractivity contribution is -0.128. The van der Waals surface area contributed by atoms with Crippen LogP contribution in [0.1, 0.15) is 34.6 Å². The van der Waals surface area contributed by atoms with E-state index in [-0.39, 0.29) is 23.7 Å². The number of hydrogen-bond donors (Lipinski definition) is 1. The van der Waals surface area contributed by atoms with Gasteiger partial charge in [-0.25, -0.2) is 0 Å². The molecule has 0 spiro atoms. The Bertz CT molecular complexity index is 235.